The quantitative estimate of drug-likeness (QED) is 0.687. The summed E-state index contributed by atoms with van der Waals surface area (Å²) >= 11 is 14.1. The van der Waals surface area contributed by atoms with Crippen molar-refractivity contribution in [1.82, 2.24) is 0 Å². The van der Waals surface area contributed by atoms with Gasteiger partial charge in [0, 0.05) is 8.59 Å². The van der Waals surface area contributed by atoms with Gasteiger partial charge in [-0.2, -0.15) is 0 Å². The standard InChI is InChI=1S/C14H10Cl2INO/c1-8-2-4-11(16)13(6-8)18-14(19)10-7-9(15)3-5-12(10)17/h2-7H,1H3,(H,18,19). The van der Waals surface area contributed by atoms with Crippen LogP contribution in [0, 0.1) is 10.5 Å². The molecule has 19 heavy (non-hydrogen) atoms. The van der Waals surface area contributed by atoms with E-state index in [2.05, 4.69) is 27.9 Å². The zero-order chi connectivity index (χ0) is 14.0. The summed E-state index contributed by atoms with van der Waals surface area (Å²) in [6.45, 7) is 1.94. The average Bonchev–Trinajstić information content (AvgIpc) is 2.36. The third-order valence-corrected chi connectivity index (χ3v) is 4.05. The van der Waals surface area contributed by atoms with Crippen molar-refractivity contribution >= 4 is 57.4 Å². The molecule has 98 valence electrons. The molecule has 2 rings (SSSR count). The summed E-state index contributed by atoms with van der Waals surface area (Å²) in [5, 5.41) is 3.84. The Hall–Kier alpha value is -0.780. The number of hydrogen-bond donors (Lipinski definition) is 1. The first-order chi connectivity index (χ1) is 8.97. The third kappa shape index (κ3) is 3.61. The Morgan fingerprint density at radius 1 is 1.16 bits per heavy atom. The van der Waals surface area contributed by atoms with Crippen molar-refractivity contribution in [3.63, 3.8) is 0 Å². The Morgan fingerprint density at radius 3 is 2.63 bits per heavy atom. The van der Waals surface area contributed by atoms with Crippen LogP contribution < -0.4 is 5.32 Å². The molecule has 0 unspecified atom stereocenters. The molecule has 0 atom stereocenters. The van der Waals surface area contributed by atoms with E-state index < -0.39 is 0 Å². The van der Waals surface area contributed by atoms with E-state index in [9.17, 15) is 4.79 Å². The predicted octanol–water partition coefficient (Wildman–Crippen LogP) is 5.16. The first-order valence-corrected chi connectivity index (χ1v) is 7.33. The SMILES string of the molecule is Cc1ccc(Cl)c(NC(=O)c2cc(Cl)ccc2I)c1. The molecule has 5 heteroatoms. The van der Waals surface area contributed by atoms with Gasteiger partial charge in [-0.05, 0) is 65.4 Å². The van der Waals surface area contributed by atoms with Crippen LogP contribution in [0.5, 0.6) is 0 Å². The number of carbonyl (C=O) groups is 1. The van der Waals surface area contributed by atoms with Gasteiger partial charge >= 0.3 is 0 Å². The van der Waals surface area contributed by atoms with Crippen molar-refractivity contribution in [2.45, 2.75) is 6.92 Å². The van der Waals surface area contributed by atoms with E-state index >= 15 is 0 Å². The van der Waals surface area contributed by atoms with Gasteiger partial charge in [-0.1, -0.05) is 29.3 Å². The molecule has 0 aliphatic rings. The summed E-state index contributed by atoms with van der Waals surface area (Å²) in [5.74, 6) is -0.223. The molecular formula is C14H10Cl2INO. The van der Waals surface area contributed by atoms with Crippen molar-refractivity contribution in [1.29, 1.82) is 0 Å². The number of benzene rings is 2. The molecule has 0 radical (unpaired) electrons. The minimum absolute atomic E-state index is 0.223. The zero-order valence-electron chi connectivity index (χ0n) is 10.0. The highest BCUT2D eigenvalue weighted by Crippen LogP contribution is 2.25. The lowest BCUT2D eigenvalue weighted by Gasteiger charge is -2.09. The van der Waals surface area contributed by atoms with E-state index in [-0.39, 0.29) is 5.91 Å². The summed E-state index contributed by atoms with van der Waals surface area (Å²) < 4.78 is 0.836. The van der Waals surface area contributed by atoms with Crippen molar-refractivity contribution in [3.8, 4) is 0 Å². The lowest BCUT2D eigenvalue weighted by Crippen LogP contribution is -2.13. The number of halogens is 3. The van der Waals surface area contributed by atoms with Crippen LogP contribution in [-0.4, -0.2) is 5.91 Å². The Balaban J connectivity index is 2.30. The first-order valence-electron chi connectivity index (χ1n) is 5.50. The number of aryl methyl sites for hydroxylation is 1. The lowest BCUT2D eigenvalue weighted by atomic mass is 10.2. The van der Waals surface area contributed by atoms with E-state index in [1.165, 1.54) is 0 Å². The second kappa shape index (κ2) is 6.11. The molecule has 2 nitrogen and oxygen atoms in total. The number of anilines is 1. The van der Waals surface area contributed by atoms with Crippen LogP contribution in [0.25, 0.3) is 0 Å². The van der Waals surface area contributed by atoms with Crippen molar-refractivity contribution in [2.24, 2.45) is 0 Å². The van der Waals surface area contributed by atoms with E-state index in [4.69, 9.17) is 23.2 Å². The summed E-state index contributed by atoms with van der Waals surface area (Å²) in [7, 11) is 0. The van der Waals surface area contributed by atoms with Crippen molar-refractivity contribution in [2.75, 3.05) is 5.32 Å². The van der Waals surface area contributed by atoms with Crippen LogP contribution >= 0.6 is 45.8 Å². The maximum absolute atomic E-state index is 12.2. The van der Waals surface area contributed by atoms with Gasteiger partial charge in [0.25, 0.3) is 5.91 Å². The van der Waals surface area contributed by atoms with E-state index in [1.54, 1.807) is 24.3 Å². The molecule has 0 aliphatic carbocycles. The summed E-state index contributed by atoms with van der Waals surface area (Å²) in [5.41, 5.74) is 2.16. The maximum Gasteiger partial charge on any atom is 0.256 e. The van der Waals surface area contributed by atoms with Gasteiger partial charge in [0.1, 0.15) is 0 Å². The Bertz CT molecular complexity index is 643. The minimum atomic E-state index is -0.223. The van der Waals surface area contributed by atoms with Crippen molar-refractivity contribution < 1.29 is 4.79 Å². The monoisotopic (exact) mass is 405 g/mol. The smallest absolute Gasteiger partial charge is 0.256 e. The number of rotatable bonds is 2. The van der Waals surface area contributed by atoms with E-state index in [1.807, 2.05) is 19.1 Å². The molecule has 0 fully saturated rings. The highest BCUT2D eigenvalue weighted by atomic mass is 127. The van der Waals surface area contributed by atoms with Gasteiger partial charge in [-0.3, -0.25) is 4.79 Å². The zero-order valence-corrected chi connectivity index (χ0v) is 13.7. The van der Waals surface area contributed by atoms with Gasteiger partial charge in [0.2, 0.25) is 0 Å². The highest BCUT2D eigenvalue weighted by Gasteiger charge is 2.12. The average molecular weight is 406 g/mol. The Labute approximate surface area is 135 Å². The third-order valence-electron chi connectivity index (χ3n) is 2.54. The van der Waals surface area contributed by atoms with Crippen molar-refractivity contribution in [3.05, 3.63) is 61.1 Å². The molecule has 0 saturated carbocycles. The molecule has 2 aromatic carbocycles. The first kappa shape index (κ1) is 14.6. The fraction of sp³-hybridized carbons (Fsp3) is 0.0714. The van der Waals surface area contributed by atoms with Crippen LogP contribution in [0.2, 0.25) is 10.0 Å². The summed E-state index contributed by atoms with van der Waals surface area (Å²) in [6.07, 6.45) is 0. The van der Waals surface area contributed by atoms with Gasteiger partial charge in [-0.25, -0.2) is 0 Å². The molecule has 1 N–H and O–H groups in total. The molecular weight excluding hydrogens is 396 g/mol. The molecule has 0 saturated heterocycles. The second-order valence-electron chi connectivity index (χ2n) is 4.06. The normalized spacial score (nSPS) is 10.3. The van der Waals surface area contributed by atoms with Gasteiger partial charge in [-0.15, -0.1) is 0 Å². The number of nitrogens with one attached hydrogen (secondary N) is 1. The van der Waals surface area contributed by atoms with Crippen LogP contribution in [0.15, 0.2) is 36.4 Å². The summed E-state index contributed by atoms with van der Waals surface area (Å²) in [4.78, 5) is 12.2. The molecule has 2 aromatic rings. The molecule has 0 bridgehead atoms. The number of amides is 1. The van der Waals surface area contributed by atoms with Gasteiger partial charge < -0.3 is 5.32 Å². The highest BCUT2D eigenvalue weighted by molar-refractivity contribution is 14.1. The molecule has 0 aromatic heterocycles. The number of carbonyl (C=O) groups excluding carboxylic acids is 1. The predicted molar refractivity (Wildman–Crippen MR) is 88.3 cm³/mol. The minimum Gasteiger partial charge on any atom is -0.321 e. The Kier molecular flexibility index (Phi) is 4.71. The largest absolute Gasteiger partial charge is 0.321 e. The fourth-order valence-electron chi connectivity index (χ4n) is 1.60. The maximum atomic E-state index is 12.2. The van der Waals surface area contributed by atoms with Gasteiger partial charge in [0.15, 0.2) is 0 Å². The van der Waals surface area contributed by atoms with Crippen LogP contribution in [0.4, 0.5) is 5.69 Å². The molecule has 1 amide bonds. The van der Waals surface area contributed by atoms with Gasteiger partial charge in [0.05, 0.1) is 16.3 Å². The second-order valence-corrected chi connectivity index (χ2v) is 6.07. The molecule has 0 spiro atoms. The molecule has 0 aliphatic heterocycles. The summed E-state index contributed by atoms with van der Waals surface area (Å²) in [6, 6.07) is 10.7. The lowest BCUT2D eigenvalue weighted by molar-refractivity contribution is 0.102. The van der Waals surface area contributed by atoms with E-state index in [0.29, 0.717) is 21.3 Å². The molecule has 0 heterocycles. The van der Waals surface area contributed by atoms with Crippen LogP contribution in [0.1, 0.15) is 15.9 Å². The fourth-order valence-corrected chi connectivity index (χ4v) is 2.51. The van der Waals surface area contributed by atoms with Crippen LogP contribution in [-0.2, 0) is 0 Å². The Morgan fingerprint density at radius 2 is 1.89 bits per heavy atom. The van der Waals surface area contributed by atoms with E-state index in [0.717, 1.165) is 9.13 Å². The number of hydrogen-bond acceptors (Lipinski definition) is 1. The topological polar surface area (TPSA) is 29.1 Å². The van der Waals surface area contributed by atoms with Crippen LogP contribution in [0.3, 0.4) is 0 Å².